The summed E-state index contributed by atoms with van der Waals surface area (Å²) in [4.78, 5) is 13.5. The van der Waals surface area contributed by atoms with Crippen LogP contribution < -0.4 is 5.73 Å². The van der Waals surface area contributed by atoms with Gasteiger partial charge < -0.3 is 15.4 Å². The third-order valence-electron chi connectivity index (χ3n) is 3.16. The van der Waals surface area contributed by atoms with Crippen molar-refractivity contribution in [3.63, 3.8) is 0 Å². The Morgan fingerprint density at radius 2 is 2.20 bits per heavy atom. The molecule has 1 heterocycles. The summed E-state index contributed by atoms with van der Waals surface area (Å²) in [6, 6.07) is 0. The second kappa shape index (κ2) is 3.11. The van der Waals surface area contributed by atoms with Gasteiger partial charge in [0.15, 0.2) is 0 Å². The van der Waals surface area contributed by atoms with E-state index in [1.807, 2.05) is 20.8 Å². The Bertz CT molecular complexity index is 285. The molecule has 15 heavy (non-hydrogen) atoms. The normalized spacial score (nSPS) is 34.7. The number of rotatable bonds is 0. The van der Waals surface area contributed by atoms with Crippen LogP contribution >= 0.6 is 0 Å². The van der Waals surface area contributed by atoms with Crippen molar-refractivity contribution < 1.29 is 9.53 Å². The number of ether oxygens (including phenoxy) is 1. The van der Waals surface area contributed by atoms with Crippen LogP contribution in [0.1, 0.15) is 33.6 Å². The molecule has 0 aromatic carbocycles. The average Bonchev–Trinajstić information content (AvgIpc) is 2.71. The van der Waals surface area contributed by atoms with Gasteiger partial charge in [-0.2, -0.15) is 0 Å². The molecule has 2 rings (SSSR count). The number of fused-ring (bicyclic) bond motifs is 1. The van der Waals surface area contributed by atoms with Gasteiger partial charge in [-0.25, -0.2) is 4.79 Å². The molecule has 2 N–H and O–H groups in total. The lowest BCUT2D eigenvalue weighted by molar-refractivity contribution is 0.0194. The number of carbonyl (C=O) groups excluding carboxylic acids is 1. The fourth-order valence-electron chi connectivity index (χ4n) is 2.21. The lowest BCUT2D eigenvalue weighted by Gasteiger charge is -2.32. The SMILES string of the molecule is CC(C)(C)OC(=O)N1CC[C@@H]2C[C@]2(N)C1. The summed E-state index contributed by atoms with van der Waals surface area (Å²) in [6.07, 6.45) is 1.86. The zero-order valence-electron chi connectivity index (χ0n) is 9.75. The van der Waals surface area contributed by atoms with Crippen LogP contribution in [0.25, 0.3) is 0 Å². The van der Waals surface area contributed by atoms with Crippen molar-refractivity contribution in [3.8, 4) is 0 Å². The number of hydrogen-bond donors (Lipinski definition) is 1. The Morgan fingerprint density at radius 1 is 1.53 bits per heavy atom. The van der Waals surface area contributed by atoms with Crippen LogP contribution in [0.3, 0.4) is 0 Å². The van der Waals surface area contributed by atoms with E-state index >= 15 is 0 Å². The monoisotopic (exact) mass is 212 g/mol. The number of piperidine rings is 1. The lowest BCUT2D eigenvalue weighted by atomic mass is 10.1. The minimum atomic E-state index is -0.417. The molecule has 0 aromatic rings. The summed E-state index contributed by atoms with van der Waals surface area (Å²) in [5, 5.41) is 0. The lowest BCUT2D eigenvalue weighted by Crippen LogP contribution is -2.49. The third kappa shape index (κ3) is 2.25. The van der Waals surface area contributed by atoms with E-state index < -0.39 is 5.60 Å². The summed E-state index contributed by atoms with van der Waals surface area (Å²) < 4.78 is 5.32. The van der Waals surface area contributed by atoms with Gasteiger partial charge >= 0.3 is 6.09 Å². The summed E-state index contributed by atoms with van der Waals surface area (Å²) in [5.41, 5.74) is 5.57. The van der Waals surface area contributed by atoms with Crippen LogP contribution in [0.4, 0.5) is 4.79 Å². The molecule has 1 aliphatic carbocycles. The number of carbonyl (C=O) groups is 1. The summed E-state index contributed by atoms with van der Waals surface area (Å²) in [6.45, 7) is 7.10. The Hall–Kier alpha value is -0.770. The third-order valence-corrected chi connectivity index (χ3v) is 3.16. The molecule has 0 aromatic heterocycles. The Morgan fingerprint density at radius 3 is 2.73 bits per heavy atom. The van der Waals surface area contributed by atoms with Crippen LogP contribution in [0, 0.1) is 5.92 Å². The van der Waals surface area contributed by atoms with Gasteiger partial charge in [0.05, 0.1) is 0 Å². The molecule has 86 valence electrons. The standard InChI is InChI=1S/C11H20N2O2/c1-10(2,3)15-9(14)13-5-4-8-6-11(8,12)7-13/h8H,4-7,12H2,1-3H3/t8-,11+/m1/s1. The molecular formula is C11H20N2O2. The second-order valence-electron chi connectivity index (χ2n) is 5.82. The quantitative estimate of drug-likeness (QED) is 0.659. The number of amides is 1. The average molecular weight is 212 g/mol. The largest absolute Gasteiger partial charge is 0.444 e. The fraction of sp³-hybridized carbons (Fsp3) is 0.909. The molecule has 1 amide bonds. The molecule has 0 unspecified atom stereocenters. The first-order valence-corrected chi connectivity index (χ1v) is 5.57. The Kier molecular flexibility index (Phi) is 2.23. The molecule has 1 saturated heterocycles. The number of hydrogen-bond acceptors (Lipinski definition) is 3. The molecular weight excluding hydrogens is 192 g/mol. The van der Waals surface area contributed by atoms with Gasteiger partial charge in [0.1, 0.15) is 5.60 Å². The smallest absolute Gasteiger partial charge is 0.410 e. The molecule has 0 radical (unpaired) electrons. The van der Waals surface area contributed by atoms with Crippen LogP contribution in [0.2, 0.25) is 0 Å². The number of nitrogens with zero attached hydrogens (tertiary/aromatic N) is 1. The summed E-state index contributed by atoms with van der Waals surface area (Å²) in [5.74, 6) is 0.635. The molecule has 0 bridgehead atoms. The highest BCUT2D eigenvalue weighted by atomic mass is 16.6. The van der Waals surface area contributed by atoms with E-state index in [1.54, 1.807) is 4.90 Å². The zero-order chi connectivity index (χ0) is 11.3. The molecule has 2 atom stereocenters. The summed E-state index contributed by atoms with van der Waals surface area (Å²) in [7, 11) is 0. The minimum Gasteiger partial charge on any atom is -0.444 e. The maximum Gasteiger partial charge on any atom is 0.410 e. The Labute approximate surface area is 90.8 Å². The van der Waals surface area contributed by atoms with Crippen molar-refractivity contribution >= 4 is 6.09 Å². The van der Waals surface area contributed by atoms with Crippen molar-refractivity contribution in [3.05, 3.63) is 0 Å². The van der Waals surface area contributed by atoms with E-state index in [-0.39, 0.29) is 11.6 Å². The van der Waals surface area contributed by atoms with Crippen molar-refractivity contribution in [2.45, 2.75) is 44.8 Å². The molecule has 2 fully saturated rings. The van der Waals surface area contributed by atoms with Crippen molar-refractivity contribution in [2.75, 3.05) is 13.1 Å². The highest BCUT2D eigenvalue weighted by molar-refractivity contribution is 5.68. The van der Waals surface area contributed by atoms with E-state index in [1.165, 1.54) is 0 Å². The van der Waals surface area contributed by atoms with Crippen LogP contribution in [0.15, 0.2) is 0 Å². The Balaban J connectivity index is 1.91. The predicted octanol–water partition coefficient (Wildman–Crippen LogP) is 1.34. The first-order chi connectivity index (χ1) is 6.80. The first kappa shape index (κ1) is 10.7. The van der Waals surface area contributed by atoms with E-state index in [9.17, 15) is 4.79 Å². The zero-order valence-corrected chi connectivity index (χ0v) is 9.75. The van der Waals surface area contributed by atoms with Crippen molar-refractivity contribution in [1.29, 1.82) is 0 Å². The van der Waals surface area contributed by atoms with E-state index in [0.717, 1.165) is 19.4 Å². The molecule has 0 spiro atoms. The fourth-order valence-corrected chi connectivity index (χ4v) is 2.21. The van der Waals surface area contributed by atoms with Gasteiger partial charge in [0.25, 0.3) is 0 Å². The van der Waals surface area contributed by atoms with E-state index in [2.05, 4.69) is 0 Å². The summed E-state index contributed by atoms with van der Waals surface area (Å²) >= 11 is 0. The highest BCUT2D eigenvalue weighted by Gasteiger charge is 2.55. The maximum atomic E-state index is 11.8. The van der Waals surface area contributed by atoms with Gasteiger partial charge in [0.2, 0.25) is 0 Å². The second-order valence-corrected chi connectivity index (χ2v) is 5.82. The number of nitrogens with two attached hydrogens (primary N) is 1. The van der Waals surface area contributed by atoms with Crippen LogP contribution in [-0.4, -0.2) is 35.2 Å². The topological polar surface area (TPSA) is 55.6 Å². The maximum absolute atomic E-state index is 11.8. The van der Waals surface area contributed by atoms with Gasteiger partial charge in [-0.3, -0.25) is 0 Å². The van der Waals surface area contributed by atoms with E-state index in [0.29, 0.717) is 12.5 Å². The molecule has 4 nitrogen and oxygen atoms in total. The van der Waals surface area contributed by atoms with Gasteiger partial charge in [-0.15, -0.1) is 0 Å². The first-order valence-electron chi connectivity index (χ1n) is 5.57. The highest BCUT2D eigenvalue weighted by Crippen LogP contribution is 2.47. The molecule has 2 aliphatic rings. The van der Waals surface area contributed by atoms with Gasteiger partial charge in [-0.1, -0.05) is 0 Å². The molecule has 1 saturated carbocycles. The van der Waals surface area contributed by atoms with Crippen LogP contribution in [-0.2, 0) is 4.74 Å². The van der Waals surface area contributed by atoms with Crippen molar-refractivity contribution in [2.24, 2.45) is 11.7 Å². The molecule has 4 heteroatoms. The number of likely N-dealkylation sites (tertiary alicyclic amines) is 1. The van der Waals surface area contributed by atoms with E-state index in [4.69, 9.17) is 10.5 Å². The van der Waals surface area contributed by atoms with Crippen LogP contribution in [0.5, 0.6) is 0 Å². The van der Waals surface area contributed by atoms with Gasteiger partial charge in [-0.05, 0) is 39.5 Å². The minimum absolute atomic E-state index is 0.102. The molecule has 1 aliphatic heterocycles. The van der Waals surface area contributed by atoms with Crippen molar-refractivity contribution in [1.82, 2.24) is 4.90 Å². The predicted molar refractivity (Wildman–Crippen MR) is 57.4 cm³/mol. The van der Waals surface area contributed by atoms with Gasteiger partial charge in [0, 0.05) is 18.6 Å².